The molecule has 3 aromatic rings. The number of halogens is 1. The number of hydrogen-bond acceptors (Lipinski definition) is 6. The molecule has 0 radical (unpaired) electrons. The van der Waals surface area contributed by atoms with Gasteiger partial charge >= 0.3 is 0 Å². The minimum Gasteiger partial charge on any atom is -0.325 e. The highest BCUT2D eigenvalue weighted by molar-refractivity contribution is 8.00. The smallest absolute Gasteiger partial charge is 0.255 e. The maximum atomic E-state index is 13.3. The van der Waals surface area contributed by atoms with Crippen LogP contribution in [0.2, 0.25) is 0 Å². The summed E-state index contributed by atoms with van der Waals surface area (Å²) in [6.07, 6.45) is 2.09. The second-order valence-electron chi connectivity index (χ2n) is 6.93. The van der Waals surface area contributed by atoms with E-state index in [1.165, 1.54) is 30.0 Å². The summed E-state index contributed by atoms with van der Waals surface area (Å²) in [5.41, 5.74) is 1.18. The first-order valence-electron chi connectivity index (χ1n) is 9.42. The zero-order valence-electron chi connectivity index (χ0n) is 16.1. The Labute approximate surface area is 176 Å². The molecule has 8 nitrogen and oxygen atoms in total. The Balaban J connectivity index is 1.38. The Hall–Kier alpha value is -3.27. The van der Waals surface area contributed by atoms with E-state index in [1.807, 2.05) is 0 Å². The van der Waals surface area contributed by atoms with Crippen molar-refractivity contribution in [3.8, 4) is 0 Å². The monoisotopic (exact) mass is 426 g/mol. The first-order chi connectivity index (χ1) is 14.5. The van der Waals surface area contributed by atoms with Crippen LogP contribution in [-0.4, -0.2) is 37.3 Å². The van der Waals surface area contributed by atoms with Gasteiger partial charge in [-0.25, -0.2) is 9.07 Å². The van der Waals surface area contributed by atoms with Gasteiger partial charge in [-0.2, -0.15) is 0 Å². The summed E-state index contributed by atoms with van der Waals surface area (Å²) in [4.78, 5) is 25.0. The number of nitrogens with zero attached hydrogens (tertiary/aromatic N) is 4. The van der Waals surface area contributed by atoms with E-state index in [4.69, 9.17) is 0 Å². The van der Waals surface area contributed by atoms with Gasteiger partial charge in [0.15, 0.2) is 0 Å². The number of tetrazole rings is 1. The van der Waals surface area contributed by atoms with E-state index >= 15 is 0 Å². The number of anilines is 2. The molecule has 0 aliphatic heterocycles. The summed E-state index contributed by atoms with van der Waals surface area (Å²) in [5, 5.41) is 17.3. The Morgan fingerprint density at radius 1 is 1.13 bits per heavy atom. The highest BCUT2D eigenvalue weighted by Gasteiger charge is 2.29. The van der Waals surface area contributed by atoms with Gasteiger partial charge < -0.3 is 10.6 Å². The van der Waals surface area contributed by atoms with Gasteiger partial charge in [0, 0.05) is 16.9 Å². The molecule has 0 bridgehead atoms. The molecule has 154 valence electrons. The molecule has 2 aromatic carbocycles. The van der Waals surface area contributed by atoms with Gasteiger partial charge in [-0.05, 0) is 66.6 Å². The van der Waals surface area contributed by atoms with Gasteiger partial charge in [-0.15, -0.1) is 5.10 Å². The summed E-state index contributed by atoms with van der Waals surface area (Å²) < 4.78 is 15.1. The minimum atomic E-state index is -0.437. The Bertz CT molecular complexity index is 1080. The van der Waals surface area contributed by atoms with Crippen molar-refractivity contribution < 1.29 is 14.0 Å². The molecular formula is C20H19FN6O2S. The lowest BCUT2D eigenvalue weighted by molar-refractivity contribution is -0.115. The summed E-state index contributed by atoms with van der Waals surface area (Å²) in [6, 6.07) is 12.5. The Kier molecular flexibility index (Phi) is 5.75. The predicted molar refractivity (Wildman–Crippen MR) is 111 cm³/mol. The summed E-state index contributed by atoms with van der Waals surface area (Å²) >= 11 is 1.29. The number of rotatable bonds is 7. The lowest BCUT2D eigenvalue weighted by atomic mass is 10.1. The van der Waals surface area contributed by atoms with Crippen molar-refractivity contribution in [2.45, 2.75) is 36.2 Å². The third-order valence-corrected chi connectivity index (χ3v) is 5.53. The lowest BCUT2D eigenvalue weighted by Gasteiger charge is -2.12. The highest BCUT2D eigenvalue weighted by atomic mass is 32.2. The fraction of sp³-hybridized carbons (Fsp3) is 0.250. The van der Waals surface area contributed by atoms with Crippen LogP contribution >= 0.6 is 11.8 Å². The summed E-state index contributed by atoms with van der Waals surface area (Å²) in [5.74, 6) is -1.07. The number of benzene rings is 2. The molecule has 0 saturated heterocycles. The van der Waals surface area contributed by atoms with Crippen LogP contribution in [0, 0.1) is 5.82 Å². The molecule has 1 aliphatic carbocycles. The van der Waals surface area contributed by atoms with Crippen LogP contribution in [0.3, 0.4) is 0 Å². The number of nitrogens with one attached hydrogen (secondary N) is 2. The van der Waals surface area contributed by atoms with E-state index in [2.05, 4.69) is 26.2 Å². The average molecular weight is 426 g/mol. The van der Waals surface area contributed by atoms with E-state index in [0.717, 1.165) is 12.8 Å². The fourth-order valence-electron chi connectivity index (χ4n) is 2.77. The minimum absolute atomic E-state index is 0.229. The summed E-state index contributed by atoms with van der Waals surface area (Å²) in [6.45, 7) is 1.77. The number of aromatic nitrogens is 4. The number of carbonyl (C=O) groups is 2. The average Bonchev–Trinajstić information content (AvgIpc) is 3.47. The van der Waals surface area contributed by atoms with Gasteiger partial charge in [0.1, 0.15) is 5.82 Å². The molecule has 1 saturated carbocycles. The number of amides is 2. The maximum absolute atomic E-state index is 13.3. The van der Waals surface area contributed by atoms with Crippen molar-refractivity contribution in [1.29, 1.82) is 0 Å². The predicted octanol–water partition coefficient (Wildman–Crippen LogP) is 3.52. The molecule has 1 fully saturated rings. The van der Waals surface area contributed by atoms with E-state index < -0.39 is 17.0 Å². The first-order valence-corrected chi connectivity index (χ1v) is 10.3. The van der Waals surface area contributed by atoms with Crippen LogP contribution in [0.1, 0.15) is 36.2 Å². The van der Waals surface area contributed by atoms with Crippen molar-refractivity contribution in [3.63, 3.8) is 0 Å². The molecular weight excluding hydrogens is 407 g/mol. The van der Waals surface area contributed by atoms with Crippen LogP contribution in [-0.2, 0) is 4.79 Å². The zero-order valence-corrected chi connectivity index (χ0v) is 16.9. The first kappa shape index (κ1) is 20.0. The quantitative estimate of drug-likeness (QED) is 0.561. The van der Waals surface area contributed by atoms with Crippen molar-refractivity contribution >= 4 is 35.0 Å². The standard InChI is InChI=1S/C20H19FN6O2S/c1-12(30-20-24-25-26-27(20)17-8-9-17)18(28)22-15-6-2-4-13(10-15)19(29)23-16-7-3-5-14(21)11-16/h2-7,10-12,17H,8-9H2,1H3,(H,22,28)(H,23,29). The third-order valence-electron chi connectivity index (χ3n) is 4.48. The maximum Gasteiger partial charge on any atom is 0.255 e. The summed E-state index contributed by atoms with van der Waals surface area (Å²) in [7, 11) is 0. The lowest BCUT2D eigenvalue weighted by Crippen LogP contribution is -2.23. The van der Waals surface area contributed by atoms with Gasteiger partial charge in [-0.1, -0.05) is 23.9 Å². The highest BCUT2D eigenvalue weighted by Crippen LogP contribution is 2.37. The largest absolute Gasteiger partial charge is 0.325 e. The van der Waals surface area contributed by atoms with Crippen LogP contribution in [0.25, 0.3) is 0 Å². The molecule has 2 amide bonds. The van der Waals surface area contributed by atoms with E-state index in [0.29, 0.717) is 28.1 Å². The van der Waals surface area contributed by atoms with Crippen LogP contribution in [0.4, 0.5) is 15.8 Å². The molecule has 1 unspecified atom stereocenters. The molecule has 1 atom stereocenters. The van der Waals surface area contributed by atoms with Crippen molar-refractivity contribution in [3.05, 3.63) is 59.9 Å². The molecule has 1 heterocycles. The molecule has 2 N–H and O–H groups in total. The van der Waals surface area contributed by atoms with Crippen molar-refractivity contribution in [1.82, 2.24) is 20.2 Å². The molecule has 10 heteroatoms. The Morgan fingerprint density at radius 3 is 2.60 bits per heavy atom. The van der Waals surface area contributed by atoms with E-state index in [-0.39, 0.29) is 5.91 Å². The molecule has 0 spiro atoms. The molecule has 1 aliphatic rings. The molecule has 30 heavy (non-hydrogen) atoms. The van der Waals surface area contributed by atoms with Gasteiger partial charge in [0.2, 0.25) is 11.1 Å². The van der Waals surface area contributed by atoms with Crippen LogP contribution in [0.5, 0.6) is 0 Å². The van der Waals surface area contributed by atoms with Crippen LogP contribution in [0.15, 0.2) is 53.7 Å². The van der Waals surface area contributed by atoms with E-state index in [9.17, 15) is 14.0 Å². The van der Waals surface area contributed by atoms with Crippen LogP contribution < -0.4 is 10.6 Å². The SMILES string of the molecule is CC(Sc1nnnn1C1CC1)C(=O)Nc1cccc(C(=O)Nc2cccc(F)c2)c1. The van der Waals surface area contributed by atoms with Gasteiger partial charge in [0.05, 0.1) is 11.3 Å². The fourth-order valence-corrected chi connectivity index (χ4v) is 3.63. The normalized spacial score (nSPS) is 14.2. The number of hydrogen-bond donors (Lipinski definition) is 2. The van der Waals surface area contributed by atoms with Gasteiger partial charge in [-0.3, -0.25) is 9.59 Å². The van der Waals surface area contributed by atoms with Gasteiger partial charge in [0.25, 0.3) is 5.91 Å². The number of thioether (sulfide) groups is 1. The second kappa shape index (κ2) is 8.62. The zero-order chi connectivity index (χ0) is 21.1. The van der Waals surface area contributed by atoms with E-state index in [1.54, 1.807) is 41.9 Å². The Morgan fingerprint density at radius 2 is 1.87 bits per heavy atom. The third kappa shape index (κ3) is 4.82. The number of carbonyl (C=O) groups excluding carboxylic acids is 2. The second-order valence-corrected chi connectivity index (χ2v) is 8.24. The molecule has 1 aromatic heterocycles. The van der Waals surface area contributed by atoms with Crippen molar-refractivity contribution in [2.24, 2.45) is 0 Å². The molecule has 4 rings (SSSR count). The topological polar surface area (TPSA) is 102 Å². The van der Waals surface area contributed by atoms with Crippen molar-refractivity contribution in [2.75, 3.05) is 10.6 Å².